The van der Waals surface area contributed by atoms with Crippen LogP contribution in [-0.4, -0.2) is 25.5 Å². The predicted octanol–water partition coefficient (Wildman–Crippen LogP) is 3.37. The van der Waals surface area contributed by atoms with E-state index in [1.165, 1.54) is 7.11 Å². The molecule has 2 aromatic rings. The standard InChI is InChI=1S/C16H14Cl2N2O3/c1-23-14-7-6-12(18)8-13(14)20-15(21)9-19-16(22)10-2-4-11(17)5-3-10/h2-8H,9H2,1H3,(H,19,22)(H,20,21). The molecule has 2 aromatic carbocycles. The largest absolute Gasteiger partial charge is 0.495 e. The van der Waals surface area contributed by atoms with Gasteiger partial charge in [-0.25, -0.2) is 0 Å². The first-order chi connectivity index (χ1) is 11.0. The van der Waals surface area contributed by atoms with Crippen LogP contribution >= 0.6 is 23.2 Å². The van der Waals surface area contributed by atoms with Gasteiger partial charge in [0, 0.05) is 15.6 Å². The van der Waals surface area contributed by atoms with Crippen LogP contribution in [0.25, 0.3) is 0 Å². The minimum Gasteiger partial charge on any atom is -0.495 e. The maximum Gasteiger partial charge on any atom is 0.251 e. The van der Waals surface area contributed by atoms with Crippen molar-refractivity contribution in [1.29, 1.82) is 0 Å². The van der Waals surface area contributed by atoms with Crippen LogP contribution in [0.2, 0.25) is 10.0 Å². The number of benzene rings is 2. The van der Waals surface area contributed by atoms with Crippen LogP contribution < -0.4 is 15.4 Å². The summed E-state index contributed by atoms with van der Waals surface area (Å²) in [6, 6.07) is 11.2. The van der Waals surface area contributed by atoms with Gasteiger partial charge in [0.15, 0.2) is 0 Å². The van der Waals surface area contributed by atoms with Gasteiger partial charge in [-0.15, -0.1) is 0 Å². The number of rotatable bonds is 5. The molecule has 2 rings (SSSR count). The second-order valence-corrected chi connectivity index (χ2v) is 5.46. The average Bonchev–Trinajstić information content (AvgIpc) is 2.53. The van der Waals surface area contributed by atoms with E-state index in [1.54, 1.807) is 42.5 Å². The van der Waals surface area contributed by atoms with Gasteiger partial charge >= 0.3 is 0 Å². The van der Waals surface area contributed by atoms with Crippen molar-refractivity contribution < 1.29 is 14.3 Å². The number of hydrogen-bond donors (Lipinski definition) is 2. The third kappa shape index (κ3) is 4.87. The molecule has 5 nitrogen and oxygen atoms in total. The van der Waals surface area contributed by atoms with Crippen LogP contribution in [0.1, 0.15) is 10.4 Å². The number of carbonyl (C=O) groups is 2. The van der Waals surface area contributed by atoms with E-state index < -0.39 is 5.91 Å². The zero-order chi connectivity index (χ0) is 16.8. The predicted molar refractivity (Wildman–Crippen MR) is 90.4 cm³/mol. The van der Waals surface area contributed by atoms with Crippen LogP contribution in [0.5, 0.6) is 5.75 Å². The van der Waals surface area contributed by atoms with Gasteiger partial charge in [-0.2, -0.15) is 0 Å². The Morgan fingerprint density at radius 2 is 1.70 bits per heavy atom. The summed E-state index contributed by atoms with van der Waals surface area (Å²) in [5, 5.41) is 6.16. The fourth-order valence-corrected chi connectivity index (χ4v) is 2.13. The van der Waals surface area contributed by atoms with Crippen molar-refractivity contribution in [3.8, 4) is 5.75 Å². The lowest BCUT2D eigenvalue weighted by Gasteiger charge is -2.11. The van der Waals surface area contributed by atoms with Gasteiger partial charge in [0.05, 0.1) is 19.3 Å². The lowest BCUT2D eigenvalue weighted by molar-refractivity contribution is -0.115. The highest BCUT2D eigenvalue weighted by Crippen LogP contribution is 2.27. The number of anilines is 1. The van der Waals surface area contributed by atoms with Gasteiger partial charge in [0.2, 0.25) is 5.91 Å². The summed E-state index contributed by atoms with van der Waals surface area (Å²) in [5.41, 5.74) is 0.855. The molecule has 0 atom stereocenters. The number of methoxy groups -OCH3 is 1. The maximum absolute atomic E-state index is 11.9. The quantitative estimate of drug-likeness (QED) is 0.866. The monoisotopic (exact) mass is 352 g/mol. The molecule has 0 aliphatic carbocycles. The Bertz CT molecular complexity index is 718. The molecule has 0 bridgehead atoms. The first kappa shape index (κ1) is 17.1. The van der Waals surface area contributed by atoms with Crippen LogP contribution in [0.4, 0.5) is 5.69 Å². The molecule has 0 heterocycles. The van der Waals surface area contributed by atoms with Crippen molar-refractivity contribution in [2.45, 2.75) is 0 Å². The highest BCUT2D eigenvalue weighted by molar-refractivity contribution is 6.31. The summed E-state index contributed by atoms with van der Waals surface area (Å²) in [6.45, 7) is -0.183. The van der Waals surface area contributed by atoms with Gasteiger partial charge in [-0.3, -0.25) is 9.59 Å². The van der Waals surface area contributed by atoms with E-state index >= 15 is 0 Å². The molecule has 120 valence electrons. The third-order valence-electron chi connectivity index (χ3n) is 2.95. The number of amides is 2. The minimum absolute atomic E-state index is 0.183. The van der Waals surface area contributed by atoms with Gasteiger partial charge < -0.3 is 15.4 Å². The Kier molecular flexibility index (Phi) is 5.84. The Morgan fingerprint density at radius 3 is 2.35 bits per heavy atom. The van der Waals surface area contributed by atoms with Gasteiger partial charge in [0.25, 0.3) is 5.91 Å². The summed E-state index contributed by atoms with van der Waals surface area (Å²) in [4.78, 5) is 23.8. The molecule has 0 saturated carbocycles. The molecular formula is C16H14Cl2N2O3. The molecule has 0 aliphatic heterocycles. The van der Waals surface area contributed by atoms with Crippen LogP contribution in [0.3, 0.4) is 0 Å². The van der Waals surface area contributed by atoms with Crippen LogP contribution in [0, 0.1) is 0 Å². The average molecular weight is 353 g/mol. The summed E-state index contributed by atoms with van der Waals surface area (Å²) >= 11 is 11.6. The van der Waals surface area contributed by atoms with Crippen molar-refractivity contribution in [2.24, 2.45) is 0 Å². The Hall–Kier alpha value is -2.24. The van der Waals surface area contributed by atoms with E-state index in [1.807, 2.05) is 0 Å². The number of halogens is 2. The fourth-order valence-electron chi connectivity index (χ4n) is 1.84. The van der Waals surface area contributed by atoms with Crippen molar-refractivity contribution in [3.63, 3.8) is 0 Å². The fraction of sp³-hybridized carbons (Fsp3) is 0.125. The SMILES string of the molecule is COc1ccc(Cl)cc1NC(=O)CNC(=O)c1ccc(Cl)cc1. The molecule has 2 amide bonds. The van der Waals surface area contributed by atoms with Gasteiger partial charge in [0.1, 0.15) is 5.75 Å². The molecule has 0 aromatic heterocycles. The van der Waals surface area contributed by atoms with Crippen LogP contribution in [-0.2, 0) is 4.79 Å². The number of hydrogen-bond acceptors (Lipinski definition) is 3. The number of nitrogens with one attached hydrogen (secondary N) is 2. The van der Waals surface area contributed by atoms with Crippen molar-refractivity contribution in [1.82, 2.24) is 5.32 Å². The summed E-state index contributed by atoms with van der Waals surface area (Å²) in [5.74, 6) is -0.283. The van der Waals surface area contributed by atoms with Crippen molar-refractivity contribution in [2.75, 3.05) is 19.0 Å². The normalized spacial score (nSPS) is 10.0. The van der Waals surface area contributed by atoms with E-state index in [-0.39, 0.29) is 12.5 Å². The van der Waals surface area contributed by atoms with Gasteiger partial charge in [-0.1, -0.05) is 23.2 Å². The second kappa shape index (κ2) is 7.85. The summed E-state index contributed by atoms with van der Waals surface area (Å²) in [6.07, 6.45) is 0. The molecule has 0 aliphatic rings. The molecular weight excluding hydrogens is 339 g/mol. The molecule has 0 radical (unpaired) electrons. The molecule has 2 N–H and O–H groups in total. The highest BCUT2D eigenvalue weighted by Gasteiger charge is 2.11. The van der Waals surface area contributed by atoms with E-state index in [4.69, 9.17) is 27.9 Å². The maximum atomic E-state index is 11.9. The zero-order valence-electron chi connectivity index (χ0n) is 12.2. The van der Waals surface area contributed by atoms with E-state index in [9.17, 15) is 9.59 Å². The Balaban J connectivity index is 1.94. The van der Waals surface area contributed by atoms with Crippen LogP contribution in [0.15, 0.2) is 42.5 Å². The van der Waals surface area contributed by atoms with Gasteiger partial charge in [-0.05, 0) is 42.5 Å². The molecule has 7 heteroatoms. The molecule has 23 heavy (non-hydrogen) atoms. The Labute approximate surface area is 143 Å². The minimum atomic E-state index is -0.395. The first-order valence-electron chi connectivity index (χ1n) is 6.67. The summed E-state index contributed by atoms with van der Waals surface area (Å²) in [7, 11) is 1.49. The lowest BCUT2D eigenvalue weighted by atomic mass is 10.2. The van der Waals surface area contributed by atoms with E-state index in [0.29, 0.717) is 27.0 Å². The molecule has 0 fully saturated rings. The smallest absolute Gasteiger partial charge is 0.251 e. The van der Waals surface area contributed by atoms with Crippen molar-refractivity contribution >= 4 is 40.7 Å². The second-order valence-electron chi connectivity index (χ2n) is 4.58. The first-order valence-corrected chi connectivity index (χ1v) is 7.42. The topological polar surface area (TPSA) is 67.4 Å². The number of carbonyl (C=O) groups excluding carboxylic acids is 2. The molecule has 0 saturated heterocycles. The highest BCUT2D eigenvalue weighted by atomic mass is 35.5. The molecule has 0 spiro atoms. The van der Waals surface area contributed by atoms with Crippen molar-refractivity contribution in [3.05, 3.63) is 58.1 Å². The zero-order valence-corrected chi connectivity index (χ0v) is 13.7. The van der Waals surface area contributed by atoms with E-state index in [0.717, 1.165) is 0 Å². The Morgan fingerprint density at radius 1 is 1.04 bits per heavy atom. The third-order valence-corrected chi connectivity index (χ3v) is 3.44. The lowest BCUT2D eigenvalue weighted by Crippen LogP contribution is -2.32. The summed E-state index contributed by atoms with van der Waals surface area (Å²) < 4.78 is 5.13. The number of ether oxygens (including phenoxy) is 1. The van der Waals surface area contributed by atoms with E-state index in [2.05, 4.69) is 10.6 Å². The molecule has 0 unspecified atom stereocenters.